The Bertz CT molecular complexity index is 3980. The highest BCUT2D eigenvalue weighted by Gasteiger charge is 2.21. The van der Waals surface area contributed by atoms with Crippen LogP contribution in [0, 0.1) is 11.8 Å². The van der Waals surface area contributed by atoms with Gasteiger partial charge in [0, 0.05) is 99.8 Å². The van der Waals surface area contributed by atoms with E-state index in [0.29, 0.717) is 0 Å². The van der Waals surface area contributed by atoms with Gasteiger partial charge in [0.15, 0.2) is 0 Å². The Balaban J connectivity index is 0.937. The number of hydrogen-bond acceptors (Lipinski definition) is 4. The van der Waals surface area contributed by atoms with Crippen molar-refractivity contribution in [1.29, 1.82) is 0 Å². The highest BCUT2D eigenvalue weighted by Crippen LogP contribution is 2.36. The van der Waals surface area contributed by atoms with Crippen LogP contribution < -0.4 is 0 Å². The third-order valence-electron chi connectivity index (χ3n) is 19.0. The van der Waals surface area contributed by atoms with Gasteiger partial charge in [-0.1, -0.05) is 155 Å². The molecule has 0 unspecified atom stereocenters. The fourth-order valence-corrected chi connectivity index (χ4v) is 13.8. The third-order valence-corrected chi connectivity index (χ3v) is 19.0. The fraction of sp³-hybridized carbons (Fsp3) is 0.357. The molecular weight excluding hydrogens is 1120 g/mol. The quantitative estimate of drug-likeness (QED) is 0.0319. The Labute approximate surface area is 546 Å². The first kappa shape index (κ1) is 63.4. The maximum absolute atomic E-state index is 5.46. The minimum absolute atomic E-state index is 0.948. The molecule has 4 aliphatic heterocycles. The average Bonchev–Trinajstić information content (AvgIpc) is 1.73. The van der Waals surface area contributed by atoms with Crippen molar-refractivity contribution < 1.29 is 0 Å². The molecule has 0 saturated heterocycles. The van der Waals surface area contributed by atoms with Crippen LogP contribution in [0.25, 0.3) is 115 Å². The molecule has 0 spiro atoms. The van der Waals surface area contributed by atoms with Gasteiger partial charge >= 0.3 is 0 Å². The van der Waals surface area contributed by atoms with E-state index in [4.69, 9.17) is 19.9 Å². The Morgan fingerprint density at radius 2 is 0.446 bits per heavy atom. The summed E-state index contributed by atoms with van der Waals surface area (Å²) in [6, 6.07) is 35.8. The molecule has 0 radical (unpaired) electrons. The van der Waals surface area contributed by atoms with Gasteiger partial charge in [-0.25, -0.2) is 19.9 Å². The summed E-state index contributed by atoms with van der Waals surface area (Å²) in [5, 5.41) is 0. The molecule has 8 heteroatoms. The SMILES string of the molecule is CCCCCc1c2nc(c(CCCCC)c3ccc([nH]3)c(-c3ccc(C#Cc4ccc(-c5c6ccc([nH]6)c(CCCCC)c6nc(c(CCCCC)c7nc(c(CCCCC)c8ccc5[nH]8)C=C7)C=C6)cc4)cc3)c3ccc([nH]3)c(CCCCC)c3nc1C=C3)C=C2. The summed E-state index contributed by atoms with van der Waals surface area (Å²) >= 11 is 0. The number of aryl methyl sites for hydroxylation is 4. The van der Waals surface area contributed by atoms with E-state index in [1.807, 2.05) is 0 Å². The third kappa shape index (κ3) is 14.4. The highest BCUT2D eigenvalue weighted by atomic mass is 14.8. The van der Waals surface area contributed by atoms with Gasteiger partial charge in [0.25, 0.3) is 0 Å². The molecule has 8 aromatic rings. The van der Waals surface area contributed by atoms with Crippen LogP contribution in [0.1, 0.15) is 247 Å². The van der Waals surface area contributed by atoms with E-state index >= 15 is 0 Å². The lowest BCUT2D eigenvalue weighted by molar-refractivity contribution is 0.712. The van der Waals surface area contributed by atoms with E-state index < -0.39 is 0 Å². The summed E-state index contributed by atoms with van der Waals surface area (Å²) in [7, 11) is 0. The lowest BCUT2D eigenvalue weighted by Gasteiger charge is -2.07. The largest absolute Gasteiger partial charge is 0.355 e. The van der Waals surface area contributed by atoms with Gasteiger partial charge in [0.2, 0.25) is 0 Å². The molecule has 12 rings (SSSR count). The standard InChI is InChI=1S/C84H94N8/c1-7-13-19-25-61-67-41-45-71(85-67)63(27-21-15-9-3)75-49-53-79(89-75)83(80-54-50-76(90-80)64(28-22-16-10-4)72-46-42-68(61)86-72)59-37-33-57(34-38-59)31-32-58-35-39-60(40-36-58)84-81-55-51-77(91-81)65(29-23-17-11-5)73-47-43-69(87-73)62(26-20-14-8-2)70-44-48-74(88-70)66(30-24-18-12-6)78-52-56-82(84)92-78/h33-56,89-92H,7-30H2,1-6H3. The number of benzene rings is 2. The van der Waals surface area contributed by atoms with Crippen LogP contribution in [0.4, 0.5) is 0 Å². The summed E-state index contributed by atoms with van der Waals surface area (Å²) in [6.45, 7) is 13.7. The molecule has 0 atom stereocenters. The lowest BCUT2D eigenvalue weighted by Crippen LogP contribution is -1.97. The van der Waals surface area contributed by atoms with Crippen LogP contribution in [0.3, 0.4) is 0 Å². The van der Waals surface area contributed by atoms with Crippen molar-refractivity contribution in [3.05, 3.63) is 187 Å². The van der Waals surface area contributed by atoms with Crippen molar-refractivity contribution >= 4 is 92.7 Å². The second-order valence-corrected chi connectivity index (χ2v) is 25.8. The molecule has 0 fully saturated rings. The topological polar surface area (TPSA) is 115 Å². The summed E-state index contributed by atoms with van der Waals surface area (Å²) in [4.78, 5) is 37.7. The molecule has 8 nitrogen and oxygen atoms in total. The minimum Gasteiger partial charge on any atom is -0.355 e. The average molecular weight is 1220 g/mol. The van der Waals surface area contributed by atoms with Crippen LogP contribution in [-0.4, -0.2) is 39.9 Å². The van der Waals surface area contributed by atoms with Gasteiger partial charge in [-0.05, 0) is 210 Å². The number of unbranched alkanes of at least 4 members (excludes halogenated alkanes) is 12. The van der Waals surface area contributed by atoms with Crippen LogP contribution >= 0.6 is 0 Å². The number of H-pyrrole nitrogens is 4. The molecule has 10 heterocycles. The Hall–Kier alpha value is -8.80. The predicted molar refractivity (Wildman–Crippen MR) is 394 cm³/mol. The van der Waals surface area contributed by atoms with Gasteiger partial charge in [-0.15, -0.1) is 0 Å². The van der Waals surface area contributed by atoms with E-state index in [-0.39, 0.29) is 0 Å². The van der Waals surface area contributed by atoms with E-state index in [1.165, 1.54) is 84.7 Å². The second-order valence-electron chi connectivity index (χ2n) is 25.8. The Morgan fingerprint density at radius 1 is 0.239 bits per heavy atom. The summed E-state index contributed by atoms with van der Waals surface area (Å²) in [6.07, 6.45) is 44.4. The molecule has 470 valence electrons. The smallest absolute Gasteiger partial charge is 0.0691 e. The number of nitrogens with one attached hydrogen (secondary N) is 4. The zero-order valence-electron chi connectivity index (χ0n) is 55.6. The van der Waals surface area contributed by atoms with Gasteiger partial charge in [-0.3, -0.25) is 0 Å². The van der Waals surface area contributed by atoms with Crippen molar-refractivity contribution in [1.82, 2.24) is 39.9 Å². The van der Waals surface area contributed by atoms with E-state index in [9.17, 15) is 0 Å². The number of rotatable bonds is 26. The van der Waals surface area contributed by atoms with Gasteiger partial charge in [0.1, 0.15) is 0 Å². The fourth-order valence-electron chi connectivity index (χ4n) is 13.8. The van der Waals surface area contributed by atoms with Crippen molar-refractivity contribution in [2.75, 3.05) is 0 Å². The second kappa shape index (κ2) is 30.5. The maximum Gasteiger partial charge on any atom is 0.0691 e. The van der Waals surface area contributed by atoms with Crippen molar-refractivity contribution in [2.45, 2.75) is 196 Å². The highest BCUT2D eigenvalue weighted by molar-refractivity contribution is 5.96. The number of aromatic amines is 4. The number of fused-ring (bicyclic) bond motifs is 16. The van der Waals surface area contributed by atoms with Crippen LogP contribution in [0.2, 0.25) is 0 Å². The first-order valence-corrected chi connectivity index (χ1v) is 35.3. The van der Waals surface area contributed by atoms with Gasteiger partial charge in [-0.2, -0.15) is 0 Å². The molecule has 0 amide bonds. The normalized spacial score (nSPS) is 12.4. The van der Waals surface area contributed by atoms with Crippen LogP contribution in [0.5, 0.6) is 0 Å². The number of aromatic nitrogens is 8. The number of hydrogen-bond donors (Lipinski definition) is 4. The van der Waals surface area contributed by atoms with Gasteiger partial charge in [0.05, 0.1) is 45.6 Å². The van der Waals surface area contributed by atoms with E-state index in [0.717, 1.165) is 226 Å². The summed E-state index contributed by atoms with van der Waals surface area (Å²) < 4.78 is 0. The van der Waals surface area contributed by atoms with Crippen LogP contribution in [0.15, 0.2) is 97.1 Å². The molecule has 2 aromatic carbocycles. The monoisotopic (exact) mass is 1210 g/mol. The van der Waals surface area contributed by atoms with Crippen molar-refractivity contribution in [3.8, 4) is 34.1 Å². The zero-order chi connectivity index (χ0) is 63.2. The molecule has 6 aromatic heterocycles. The first-order chi connectivity index (χ1) is 45.3. The Morgan fingerprint density at radius 3 is 0.674 bits per heavy atom. The maximum atomic E-state index is 5.46. The summed E-state index contributed by atoms with van der Waals surface area (Å²) in [5.74, 6) is 7.10. The van der Waals surface area contributed by atoms with Gasteiger partial charge < -0.3 is 19.9 Å². The molecule has 4 aliphatic rings. The molecule has 0 saturated carbocycles. The molecule has 92 heavy (non-hydrogen) atoms. The lowest BCUT2D eigenvalue weighted by atomic mass is 10.0. The first-order valence-electron chi connectivity index (χ1n) is 35.3. The predicted octanol–water partition coefficient (Wildman–Crippen LogP) is 22.8. The summed E-state index contributed by atoms with van der Waals surface area (Å²) in [5.41, 5.74) is 31.0. The van der Waals surface area contributed by atoms with E-state index in [2.05, 4.69) is 219 Å². The zero-order valence-corrected chi connectivity index (χ0v) is 55.6. The number of nitrogens with zero attached hydrogens (tertiary/aromatic N) is 4. The Kier molecular flexibility index (Phi) is 21.0. The van der Waals surface area contributed by atoms with Crippen LogP contribution in [-0.2, 0) is 38.5 Å². The minimum atomic E-state index is 0.948. The molecular formula is C84H94N8. The van der Waals surface area contributed by atoms with Crippen molar-refractivity contribution in [3.63, 3.8) is 0 Å². The molecule has 4 N–H and O–H groups in total. The van der Waals surface area contributed by atoms with Crippen molar-refractivity contribution in [2.24, 2.45) is 0 Å². The van der Waals surface area contributed by atoms with E-state index in [1.54, 1.807) is 0 Å². The molecule has 16 bridgehead atoms. The molecule has 0 aliphatic carbocycles.